The molecule has 0 aliphatic carbocycles. The average molecular weight is 371 g/mol. The van der Waals surface area contributed by atoms with Gasteiger partial charge in [0.1, 0.15) is 0 Å². The lowest BCUT2D eigenvalue weighted by Crippen LogP contribution is -2.14. The number of benzene rings is 2. The van der Waals surface area contributed by atoms with Crippen molar-refractivity contribution >= 4 is 38.9 Å². The van der Waals surface area contributed by atoms with E-state index in [1.54, 1.807) is 6.07 Å². The second kappa shape index (κ2) is 6.69. The molecule has 0 amide bonds. The Kier molecular flexibility index (Phi) is 4.82. The Morgan fingerprint density at radius 2 is 1.83 bits per heavy atom. The first-order valence-electron chi connectivity index (χ1n) is 7.26. The van der Waals surface area contributed by atoms with Crippen LogP contribution >= 0.6 is 23.2 Å². The van der Waals surface area contributed by atoms with E-state index in [2.05, 4.69) is 10.0 Å². The molecule has 1 heterocycles. The van der Waals surface area contributed by atoms with Gasteiger partial charge in [0.25, 0.3) is 10.0 Å². The molecule has 0 spiro atoms. The van der Waals surface area contributed by atoms with Gasteiger partial charge >= 0.3 is 0 Å². The lowest BCUT2D eigenvalue weighted by atomic mass is 10.0. The second-order valence-electron chi connectivity index (χ2n) is 5.45. The lowest BCUT2D eigenvalue weighted by Gasteiger charge is -2.12. The molecule has 23 heavy (non-hydrogen) atoms. The Labute approximate surface area is 145 Å². The van der Waals surface area contributed by atoms with Gasteiger partial charge < -0.3 is 5.32 Å². The van der Waals surface area contributed by atoms with Crippen LogP contribution in [0.2, 0.25) is 10.0 Å². The van der Waals surface area contributed by atoms with Crippen molar-refractivity contribution in [3.05, 3.63) is 57.6 Å². The van der Waals surface area contributed by atoms with Crippen LogP contribution < -0.4 is 10.0 Å². The molecule has 0 radical (unpaired) electrons. The zero-order chi connectivity index (χ0) is 16.4. The van der Waals surface area contributed by atoms with Crippen LogP contribution in [-0.4, -0.2) is 15.0 Å². The van der Waals surface area contributed by atoms with Crippen molar-refractivity contribution < 1.29 is 8.42 Å². The minimum Gasteiger partial charge on any atom is -0.313 e. The van der Waals surface area contributed by atoms with Crippen LogP contribution in [0.5, 0.6) is 0 Å². The molecule has 4 nitrogen and oxygen atoms in total. The topological polar surface area (TPSA) is 58.2 Å². The zero-order valence-electron chi connectivity index (χ0n) is 12.3. The van der Waals surface area contributed by atoms with Crippen LogP contribution in [0.4, 0.5) is 5.69 Å². The van der Waals surface area contributed by atoms with Gasteiger partial charge in [0.2, 0.25) is 0 Å². The molecule has 0 aromatic heterocycles. The summed E-state index contributed by atoms with van der Waals surface area (Å²) in [6.45, 7) is 1.72. The van der Waals surface area contributed by atoms with Crippen molar-refractivity contribution in [1.29, 1.82) is 0 Å². The maximum Gasteiger partial charge on any atom is 0.261 e. The molecule has 0 bridgehead atoms. The normalized spacial score (nSPS) is 14.9. The monoisotopic (exact) mass is 370 g/mol. The van der Waals surface area contributed by atoms with Crippen molar-refractivity contribution in [3.8, 4) is 0 Å². The first-order chi connectivity index (χ1) is 11.0. The van der Waals surface area contributed by atoms with Gasteiger partial charge in [-0.05, 0) is 60.8 Å². The van der Waals surface area contributed by atoms with Gasteiger partial charge in [-0.25, -0.2) is 8.42 Å². The lowest BCUT2D eigenvalue weighted by molar-refractivity contribution is 0.601. The molecule has 0 atom stereocenters. The van der Waals surface area contributed by atoms with Gasteiger partial charge in [0, 0.05) is 12.2 Å². The Hall–Kier alpha value is -1.27. The Morgan fingerprint density at radius 1 is 1.00 bits per heavy atom. The zero-order valence-corrected chi connectivity index (χ0v) is 14.6. The van der Waals surface area contributed by atoms with Gasteiger partial charge in [-0.1, -0.05) is 29.3 Å². The number of fused-ring (bicyclic) bond motifs is 1. The van der Waals surface area contributed by atoms with E-state index in [1.807, 2.05) is 12.1 Å². The van der Waals surface area contributed by atoms with Gasteiger partial charge in [0.05, 0.1) is 14.9 Å². The standard InChI is InChI=1S/C16H16Cl2N2O2S/c17-15-6-5-14(9-16(15)18)23(21,22)20-13-4-3-11-2-1-7-19-10-12(11)8-13/h3-6,8-9,19-20H,1-2,7,10H2. The third kappa shape index (κ3) is 3.80. The summed E-state index contributed by atoms with van der Waals surface area (Å²) in [6, 6.07) is 9.90. The van der Waals surface area contributed by atoms with E-state index in [1.165, 1.54) is 23.8 Å². The fourth-order valence-electron chi connectivity index (χ4n) is 2.58. The maximum absolute atomic E-state index is 12.5. The third-order valence-electron chi connectivity index (χ3n) is 3.77. The molecule has 2 aromatic rings. The summed E-state index contributed by atoms with van der Waals surface area (Å²) < 4.78 is 27.5. The predicted molar refractivity (Wildman–Crippen MR) is 93.7 cm³/mol. The molecule has 0 fully saturated rings. The van der Waals surface area contributed by atoms with E-state index in [9.17, 15) is 8.42 Å². The smallest absolute Gasteiger partial charge is 0.261 e. The fourth-order valence-corrected chi connectivity index (χ4v) is 4.02. The number of hydrogen-bond donors (Lipinski definition) is 2. The van der Waals surface area contributed by atoms with E-state index in [0.29, 0.717) is 10.7 Å². The highest BCUT2D eigenvalue weighted by atomic mass is 35.5. The van der Waals surface area contributed by atoms with Crippen LogP contribution in [0.3, 0.4) is 0 Å². The van der Waals surface area contributed by atoms with Crippen LogP contribution in [0.1, 0.15) is 17.5 Å². The summed E-state index contributed by atoms with van der Waals surface area (Å²) in [4.78, 5) is 0.0833. The van der Waals surface area contributed by atoms with Crippen molar-refractivity contribution in [1.82, 2.24) is 5.32 Å². The van der Waals surface area contributed by atoms with E-state index in [0.717, 1.165) is 31.5 Å². The van der Waals surface area contributed by atoms with Crippen LogP contribution in [0.25, 0.3) is 0 Å². The molecular weight excluding hydrogens is 355 g/mol. The number of sulfonamides is 1. The largest absolute Gasteiger partial charge is 0.313 e. The minimum absolute atomic E-state index is 0.0833. The predicted octanol–water partition coefficient (Wildman–Crippen LogP) is 3.83. The molecular formula is C16H16Cl2N2O2S. The molecule has 3 rings (SSSR count). The molecule has 0 saturated heterocycles. The van der Waals surface area contributed by atoms with Gasteiger partial charge in [0.15, 0.2) is 0 Å². The number of aryl methyl sites for hydroxylation is 1. The van der Waals surface area contributed by atoms with Crippen molar-refractivity contribution in [3.63, 3.8) is 0 Å². The van der Waals surface area contributed by atoms with E-state index >= 15 is 0 Å². The van der Waals surface area contributed by atoms with Gasteiger partial charge in [-0.3, -0.25) is 4.72 Å². The van der Waals surface area contributed by atoms with Crippen LogP contribution in [0, 0.1) is 0 Å². The molecule has 2 aromatic carbocycles. The van der Waals surface area contributed by atoms with Crippen molar-refractivity contribution in [2.75, 3.05) is 11.3 Å². The molecule has 0 unspecified atom stereocenters. The SMILES string of the molecule is O=S(=O)(Nc1ccc2c(c1)CNCCC2)c1ccc(Cl)c(Cl)c1. The average Bonchev–Trinajstić information content (AvgIpc) is 2.74. The Balaban J connectivity index is 1.88. The first kappa shape index (κ1) is 16.6. The van der Waals surface area contributed by atoms with E-state index < -0.39 is 10.0 Å². The van der Waals surface area contributed by atoms with Gasteiger partial charge in [-0.15, -0.1) is 0 Å². The number of anilines is 1. The van der Waals surface area contributed by atoms with Crippen LogP contribution in [-0.2, 0) is 23.0 Å². The fraction of sp³-hybridized carbons (Fsp3) is 0.250. The number of halogens is 2. The molecule has 122 valence electrons. The van der Waals surface area contributed by atoms with Crippen molar-refractivity contribution in [2.45, 2.75) is 24.3 Å². The quantitative estimate of drug-likeness (QED) is 0.862. The van der Waals surface area contributed by atoms with E-state index in [4.69, 9.17) is 23.2 Å². The summed E-state index contributed by atoms with van der Waals surface area (Å²) in [5, 5.41) is 3.86. The highest BCUT2D eigenvalue weighted by Crippen LogP contribution is 2.27. The highest BCUT2D eigenvalue weighted by Gasteiger charge is 2.17. The molecule has 1 aliphatic heterocycles. The minimum atomic E-state index is -3.70. The Morgan fingerprint density at radius 3 is 2.61 bits per heavy atom. The third-order valence-corrected chi connectivity index (χ3v) is 5.89. The highest BCUT2D eigenvalue weighted by molar-refractivity contribution is 7.92. The number of hydrogen-bond acceptors (Lipinski definition) is 3. The Bertz CT molecular complexity index is 838. The second-order valence-corrected chi connectivity index (χ2v) is 7.94. The summed E-state index contributed by atoms with van der Waals surface area (Å²) in [6.07, 6.45) is 2.09. The summed E-state index contributed by atoms with van der Waals surface area (Å²) in [5.41, 5.74) is 2.92. The van der Waals surface area contributed by atoms with Crippen molar-refractivity contribution in [2.24, 2.45) is 0 Å². The maximum atomic E-state index is 12.5. The number of rotatable bonds is 3. The summed E-state index contributed by atoms with van der Waals surface area (Å²) in [5.74, 6) is 0. The van der Waals surface area contributed by atoms with Gasteiger partial charge in [-0.2, -0.15) is 0 Å². The van der Waals surface area contributed by atoms with Crippen LogP contribution in [0.15, 0.2) is 41.3 Å². The summed E-state index contributed by atoms with van der Waals surface area (Å²) >= 11 is 11.7. The first-order valence-corrected chi connectivity index (χ1v) is 9.50. The summed E-state index contributed by atoms with van der Waals surface area (Å²) in [7, 11) is -3.70. The number of nitrogens with one attached hydrogen (secondary N) is 2. The molecule has 0 saturated carbocycles. The van der Waals surface area contributed by atoms with E-state index in [-0.39, 0.29) is 9.92 Å². The molecule has 1 aliphatic rings. The molecule has 2 N–H and O–H groups in total. The molecule has 7 heteroatoms.